The monoisotopic (exact) mass is 222 g/mol. The zero-order valence-corrected chi connectivity index (χ0v) is 11.2. The van der Waals surface area contributed by atoms with Gasteiger partial charge < -0.3 is 5.11 Å². The van der Waals surface area contributed by atoms with Crippen molar-refractivity contribution in [2.45, 2.75) is 65.4 Å². The highest BCUT2D eigenvalue weighted by molar-refractivity contribution is 5.12. The maximum absolute atomic E-state index is 9.96. The van der Waals surface area contributed by atoms with Crippen molar-refractivity contribution in [1.82, 2.24) is 0 Å². The van der Waals surface area contributed by atoms with E-state index in [1.54, 1.807) is 0 Å². The zero-order valence-electron chi connectivity index (χ0n) is 11.2. The molecule has 2 aliphatic rings. The molecule has 0 aliphatic heterocycles. The van der Waals surface area contributed by atoms with E-state index >= 15 is 0 Å². The summed E-state index contributed by atoms with van der Waals surface area (Å²) < 4.78 is 0. The molecule has 1 nitrogen and oxygen atoms in total. The normalized spacial score (nSPS) is 47.2. The molecule has 0 unspecified atom stereocenters. The number of aliphatic hydroxyl groups is 1. The van der Waals surface area contributed by atoms with E-state index in [4.69, 9.17) is 0 Å². The Morgan fingerprint density at radius 3 is 2.19 bits per heavy atom. The Balaban J connectivity index is 2.20. The largest absolute Gasteiger partial charge is 0.386 e. The predicted octanol–water partition coefficient (Wildman–Crippen LogP) is 3.92. The molecule has 1 fully saturated rings. The molecular weight excluding hydrogens is 196 g/mol. The van der Waals surface area contributed by atoms with E-state index < -0.39 is 5.60 Å². The van der Waals surface area contributed by atoms with Gasteiger partial charge >= 0.3 is 0 Å². The minimum Gasteiger partial charge on any atom is -0.386 e. The van der Waals surface area contributed by atoms with Crippen molar-refractivity contribution in [2.75, 3.05) is 0 Å². The van der Waals surface area contributed by atoms with E-state index in [9.17, 15) is 5.11 Å². The summed E-state index contributed by atoms with van der Waals surface area (Å²) in [7, 11) is 0. The summed E-state index contributed by atoms with van der Waals surface area (Å²) in [6, 6.07) is 0. The zero-order chi connectivity index (χ0) is 12.0. The van der Waals surface area contributed by atoms with Gasteiger partial charge in [0.15, 0.2) is 0 Å². The van der Waals surface area contributed by atoms with Gasteiger partial charge in [-0.3, -0.25) is 0 Å². The maximum Gasteiger partial charge on any atom is 0.0800 e. The SMILES string of the molecule is CC1(C)CCC[C@@]1(C)[C@@H]1C=C[C@@](C)(O)CC1. The van der Waals surface area contributed by atoms with Crippen LogP contribution < -0.4 is 0 Å². The lowest BCUT2D eigenvalue weighted by Gasteiger charge is -2.46. The third-order valence-electron chi connectivity index (χ3n) is 5.51. The molecule has 0 saturated heterocycles. The van der Waals surface area contributed by atoms with Crippen LogP contribution in [0.2, 0.25) is 0 Å². The number of hydrogen-bond acceptors (Lipinski definition) is 1. The van der Waals surface area contributed by atoms with E-state index in [1.807, 2.05) is 13.0 Å². The molecule has 0 bridgehead atoms. The average molecular weight is 222 g/mol. The molecule has 16 heavy (non-hydrogen) atoms. The Kier molecular flexibility index (Phi) is 2.73. The smallest absolute Gasteiger partial charge is 0.0800 e. The lowest BCUT2D eigenvalue weighted by atomic mass is 9.59. The fourth-order valence-corrected chi connectivity index (χ4v) is 3.69. The van der Waals surface area contributed by atoms with Crippen molar-refractivity contribution in [3.05, 3.63) is 12.2 Å². The van der Waals surface area contributed by atoms with Gasteiger partial charge in [-0.05, 0) is 49.4 Å². The van der Waals surface area contributed by atoms with Crippen molar-refractivity contribution in [2.24, 2.45) is 16.7 Å². The van der Waals surface area contributed by atoms with Gasteiger partial charge in [-0.2, -0.15) is 0 Å². The molecule has 3 atom stereocenters. The summed E-state index contributed by atoms with van der Waals surface area (Å²) in [6.07, 6.45) is 10.4. The van der Waals surface area contributed by atoms with Gasteiger partial charge in [0.05, 0.1) is 5.60 Å². The van der Waals surface area contributed by atoms with Crippen LogP contribution in [-0.4, -0.2) is 10.7 Å². The molecule has 0 heterocycles. The number of hydrogen-bond donors (Lipinski definition) is 1. The average Bonchev–Trinajstić information content (AvgIpc) is 2.42. The van der Waals surface area contributed by atoms with Crippen molar-refractivity contribution in [1.29, 1.82) is 0 Å². The molecule has 1 heteroatoms. The highest BCUT2D eigenvalue weighted by Gasteiger charge is 2.49. The molecule has 1 N–H and O–H groups in total. The standard InChI is InChI=1S/C15H26O/c1-13(2)8-5-9-15(13,4)12-6-10-14(3,16)11-7-12/h6,10,12,16H,5,7-9,11H2,1-4H3/t12-,14-,15+/m1/s1. The van der Waals surface area contributed by atoms with E-state index in [-0.39, 0.29) is 0 Å². The highest BCUT2D eigenvalue weighted by atomic mass is 16.3. The van der Waals surface area contributed by atoms with Gasteiger partial charge in [0.25, 0.3) is 0 Å². The summed E-state index contributed by atoms with van der Waals surface area (Å²) in [6.45, 7) is 9.21. The molecule has 0 aromatic carbocycles. The first kappa shape index (κ1) is 12.2. The van der Waals surface area contributed by atoms with Crippen molar-refractivity contribution in [3.8, 4) is 0 Å². The third kappa shape index (κ3) is 1.84. The van der Waals surface area contributed by atoms with Crippen LogP contribution in [0.4, 0.5) is 0 Å². The Bertz CT molecular complexity index is 301. The van der Waals surface area contributed by atoms with Gasteiger partial charge in [0.1, 0.15) is 0 Å². The molecule has 0 amide bonds. The van der Waals surface area contributed by atoms with E-state index in [0.29, 0.717) is 16.7 Å². The maximum atomic E-state index is 9.96. The van der Waals surface area contributed by atoms with Gasteiger partial charge in [-0.1, -0.05) is 39.3 Å². The van der Waals surface area contributed by atoms with E-state index in [2.05, 4.69) is 26.8 Å². The van der Waals surface area contributed by atoms with Crippen LogP contribution in [0.5, 0.6) is 0 Å². The van der Waals surface area contributed by atoms with Gasteiger partial charge in [-0.25, -0.2) is 0 Å². The molecular formula is C15H26O. The molecule has 0 aromatic rings. The van der Waals surface area contributed by atoms with Crippen LogP contribution in [0.1, 0.15) is 59.8 Å². The predicted molar refractivity (Wildman–Crippen MR) is 68.2 cm³/mol. The number of rotatable bonds is 1. The summed E-state index contributed by atoms with van der Waals surface area (Å²) in [4.78, 5) is 0. The van der Waals surface area contributed by atoms with Gasteiger partial charge in [0, 0.05) is 0 Å². The lowest BCUT2D eigenvalue weighted by Crippen LogP contribution is -2.39. The first-order valence-corrected chi connectivity index (χ1v) is 6.69. The van der Waals surface area contributed by atoms with Crippen molar-refractivity contribution >= 4 is 0 Å². The molecule has 92 valence electrons. The second-order valence-corrected chi connectivity index (χ2v) is 7.02. The Morgan fingerprint density at radius 1 is 1.06 bits per heavy atom. The molecule has 1 saturated carbocycles. The molecule has 0 radical (unpaired) electrons. The van der Waals surface area contributed by atoms with Gasteiger partial charge in [0.2, 0.25) is 0 Å². The molecule has 0 spiro atoms. The van der Waals surface area contributed by atoms with Crippen LogP contribution in [0, 0.1) is 16.7 Å². The summed E-state index contributed by atoms with van der Waals surface area (Å²) in [5, 5.41) is 9.96. The quantitative estimate of drug-likeness (QED) is 0.667. The number of allylic oxidation sites excluding steroid dienone is 1. The molecule has 2 rings (SSSR count). The fourth-order valence-electron chi connectivity index (χ4n) is 3.69. The fraction of sp³-hybridized carbons (Fsp3) is 0.867. The van der Waals surface area contributed by atoms with Crippen LogP contribution in [-0.2, 0) is 0 Å². The molecule has 2 aliphatic carbocycles. The highest BCUT2D eigenvalue weighted by Crippen LogP contribution is 2.58. The minimum atomic E-state index is -0.560. The summed E-state index contributed by atoms with van der Waals surface area (Å²) in [5.74, 6) is 0.658. The van der Waals surface area contributed by atoms with Crippen LogP contribution in [0.3, 0.4) is 0 Å². The lowest BCUT2D eigenvalue weighted by molar-refractivity contribution is 0.0346. The summed E-state index contributed by atoms with van der Waals surface area (Å²) >= 11 is 0. The Hall–Kier alpha value is -0.300. The van der Waals surface area contributed by atoms with Crippen LogP contribution in [0.25, 0.3) is 0 Å². The van der Waals surface area contributed by atoms with Crippen LogP contribution >= 0.6 is 0 Å². The second-order valence-electron chi connectivity index (χ2n) is 7.02. The van der Waals surface area contributed by atoms with Crippen molar-refractivity contribution < 1.29 is 5.11 Å². The molecule has 0 aromatic heterocycles. The van der Waals surface area contributed by atoms with E-state index in [0.717, 1.165) is 12.8 Å². The Labute approximate surface area is 99.9 Å². The summed E-state index contributed by atoms with van der Waals surface area (Å²) in [5.41, 5.74) is 0.320. The second kappa shape index (κ2) is 3.60. The van der Waals surface area contributed by atoms with E-state index in [1.165, 1.54) is 19.3 Å². The first-order valence-electron chi connectivity index (χ1n) is 6.69. The Morgan fingerprint density at radius 2 is 1.75 bits per heavy atom. The minimum absolute atomic E-state index is 0.431. The van der Waals surface area contributed by atoms with Crippen molar-refractivity contribution in [3.63, 3.8) is 0 Å². The van der Waals surface area contributed by atoms with Gasteiger partial charge in [-0.15, -0.1) is 0 Å². The van der Waals surface area contributed by atoms with Crippen LogP contribution in [0.15, 0.2) is 12.2 Å². The third-order valence-corrected chi connectivity index (χ3v) is 5.51. The topological polar surface area (TPSA) is 20.2 Å². The first-order chi connectivity index (χ1) is 7.27.